The molecule has 0 saturated carbocycles. The van der Waals surface area contributed by atoms with Gasteiger partial charge in [-0.05, 0) is 75.9 Å². The van der Waals surface area contributed by atoms with Crippen LogP contribution in [-0.2, 0) is 16.5 Å². The van der Waals surface area contributed by atoms with Gasteiger partial charge in [-0.1, -0.05) is 27.7 Å². The summed E-state index contributed by atoms with van der Waals surface area (Å²) in [5, 5.41) is 4.18. The number of nitrogen functional groups attached to an aromatic ring is 2. The van der Waals surface area contributed by atoms with Gasteiger partial charge in [0.2, 0.25) is 0 Å². The van der Waals surface area contributed by atoms with Crippen molar-refractivity contribution in [2.24, 2.45) is 7.05 Å². The predicted octanol–water partition coefficient (Wildman–Crippen LogP) is 5.36. The molecule has 0 radical (unpaired) electrons. The fourth-order valence-corrected chi connectivity index (χ4v) is 4.69. The first-order valence-corrected chi connectivity index (χ1v) is 12.2. The van der Waals surface area contributed by atoms with Gasteiger partial charge in [0, 0.05) is 33.8 Å². The van der Waals surface area contributed by atoms with Crippen LogP contribution in [0.4, 0.5) is 11.4 Å². The molecule has 35 heavy (non-hydrogen) atoms. The van der Waals surface area contributed by atoms with E-state index in [2.05, 4.69) is 60.1 Å². The minimum atomic E-state index is -0.429. The Morgan fingerprint density at radius 3 is 1.80 bits per heavy atom. The quantitative estimate of drug-likeness (QED) is 0.232. The lowest BCUT2D eigenvalue weighted by atomic mass is 9.92. The van der Waals surface area contributed by atoms with Crippen LogP contribution in [0.2, 0.25) is 0 Å². The van der Waals surface area contributed by atoms with E-state index in [0.29, 0.717) is 28.4 Å². The number of carbonyl (C=O) groups is 2. The molecule has 1 aromatic heterocycles. The minimum Gasteiger partial charge on any atom is -0.465 e. The topological polar surface area (TPSA) is 122 Å². The number of halogens is 1. The molecule has 0 bridgehead atoms. The summed E-state index contributed by atoms with van der Waals surface area (Å²) in [6, 6.07) is 9.17. The highest BCUT2D eigenvalue weighted by Crippen LogP contribution is 2.33. The van der Waals surface area contributed by atoms with E-state index in [-0.39, 0.29) is 11.9 Å². The summed E-state index contributed by atoms with van der Waals surface area (Å²) < 4.78 is 12.2. The maximum Gasteiger partial charge on any atom is 0.339 e. The first-order valence-electron chi connectivity index (χ1n) is 11.1. The molecule has 2 aromatic carbocycles. The number of carbonyl (C=O) groups excluding carboxylic acids is 2. The predicted molar refractivity (Wildman–Crippen MR) is 147 cm³/mol. The second-order valence-corrected chi connectivity index (χ2v) is 9.78. The van der Waals surface area contributed by atoms with Crippen LogP contribution in [0.5, 0.6) is 0 Å². The van der Waals surface area contributed by atoms with Crippen molar-refractivity contribution in [3.8, 4) is 11.3 Å². The third-order valence-corrected chi connectivity index (χ3v) is 6.48. The van der Waals surface area contributed by atoms with Crippen molar-refractivity contribution in [3.05, 3.63) is 62.4 Å². The Kier molecular flexibility index (Phi) is 9.70. The van der Waals surface area contributed by atoms with Gasteiger partial charge in [-0.2, -0.15) is 5.10 Å². The summed E-state index contributed by atoms with van der Waals surface area (Å²) in [4.78, 5) is 23.2. The van der Waals surface area contributed by atoms with Crippen LogP contribution in [-0.4, -0.2) is 35.9 Å². The van der Waals surface area contributed by atoms with Gasteiger partial charge in [0.15, 0.2) is 0 Å². The summed E-state index contributed by atoms with van der Waals surface area (Å²) in [6.45, 7) is 8.36. The molecule has 9 heteroatoms. The van der Waals surface area contributed by atoms with E-state index in [0.717, 1.165) is 26.0 Å². The molecule has 0 spiro atoms. The number of ether oxygens (including phenoxy) is 2. The lowest BCUT2D eigenvalue weighted by Crippen LogP contribution is -2.08. The molecule has 0 aliphatic rings. The molecule has 8 nitrogen and oxygen atoms in total. The highest BCUT2D eigenvalue weighted by molar-refractivity contribution is 14.1. The number of aromatic nitrogens is 2. The summed E-state index contributed by atoms with van der Waals surface area (Å²) in [5.74, 6) is -0.137. The molecule has 4 N–H and O–H groups in total. The van der Waals surface area contributed by atoms with Crippen molar-refractivity contribution in [2.75, 3.05) is 25.7 Å². The van der Waals surface area contributed by atoms with Gasteiger partial charge in [-0.15, -0.1) is 0 Å². The van der Waals surface area contributed by atoms with E-state index in [4.69, 9.17) is 16.2 Å². The average molecular weight is 592 g/mol. The number of esters is 2. The molecule has 0 unspecified atom stereocenters. The fraction of sp³-hybridized carbons (Fsp3) is 0.346. The lowest BCUT2D eigenvalue weighted by Gasteiger charge is -2.16. The Labute approximate surface area is 220 Å². The highest BCUT2D eigenvalue weighted by Gasteiger charge is 2.19. The van der Waals surface area contributed by atoms with Crippen molar-refractivity contribution in [2.45, 2.75) is 39.5 Å². The van der Waals surface area contributed by atoms with E-state index in [1.54, 1.807) is 23.0 Å². The van der Waals surface area contributed by atoms with Gasteiger partial charge in [-0.3, -0.25) is 4.68 Å². The van der Waals surface area contributed by atoms with Crippen molar-refractivity contribution in [1.29, 1.82) is 0 Å². The van der Waals surface area contributed by atoms with Crippen LogP contribution in [0.25, 0.3) is 11.3 Å². The smallest absolute Gasteiger partial charge is 0.339 e. The Hall–Kier alpha value is -3.08. The van der Waals surface area contributed by atoms with E-state index >= 15 is 0 Å². The number of nitrogens with zero attached hydrogens (tertiary/aromatic N) is 2. The number of hydrogen-bond acceptors (Lipinski definition) is 7. The molecule has 0 saturated heterocycles. The Bertz CT molecular complexity index is 1220. The lowest BCUT2D eigenvalue weighted by molar-refractivity contribution is 0.0593. The van der Waals surface area contributed by atoms with Crippen LogP contribution >= 0.6 is 22.6 Å². The van der Waals surface area contributed by atoms with Crippen molar-refractivity contribution >= 4 is 45.9 Å². The second kappa shape index (κ2) is 12.1. The van der Waals surface area contributed by atoms with Crippen LogP contribution in [0, 0.1) is 3.57 Å². The fourth-order valence-electron chi connectivity index (χ4n) is 3.60. The normalized spacial score (nSPS) is 10.7. The zero-order chi connectivity index (χ0) is 26.4. The molecule has 0 aliphatic heterocycles. The number of benzene rings is 2. The maximum atomic E-state index is 11.8. The minimum absolute atomic E-state index is 0.286. The van der Waals surface area contributed by atoms with Crippen molar-refractivity contribution in [1.82, 2.24) is 9.78 Å². The van der Waals surface area contributed by atoms with Gasteiger partial charge in [0.25, 0.3) is 0 Å². The van der Waals surface area contributed by atoms with E-state index < -0.39 is 5.97 Å². The number of rotatable bonds is 5. The van der Waals surface area contributed by atoms with Gasteiger partial charge < -0.3 is 20.9 Å². The highest BCUT2D eigenvalue weighted by atomic mass is 127. The Balaban J connectivity index is 0.000000258. The Morgan fingerprint density at radius 2 is 1.37 bits per heavy atom. The van der Waals surface area contributed by atoms with Gasteiger partial charge in [0.1, 0.15) is 0 Å². The standard InChI is InChI=1S/C15H19N3O2.C11H14INO2/c1-9(2)10-8-13(16)12(15(19)20-4)7-11(10)14-5-6-17-18(14)3;1-6(2)7-5-10(13)8(4-9(7)12)11(14)15-3/h5-9H,16H2,1-4H3;4-6H,13H2,1-3H3. The van der Waals surface area contributed by atoms with Gasteiger partial charge >= 0.3 is 11.9 Å². The molecule has 0 amide bonds. The summed E-state index contributed by atoms with van der Waals surface area (Å²) in [6.07, 6.45) is 1.73. The first kappa shape index (κ1) is 28.2. The van der Waals surface area contributed by atoms with E-state index in [9.17, 15) is 9.59 Å². The van der Waals surface area contributed by atoms with E-state index in [1.807, 2.05) is 25.2 Å². The third-order valence-electron chi connectivity index (χ3n) is 5.54. The SMILES string of the molecule is COC(=O)c1cc(-c2ccnn2C)c(C(C)C)cc1N.COC(=O)c1cc(I)c(C(C)C)cc1N. The number of nitrogens with two attached hydrogens (primary N) is 2. The molecule has 3 rings (SSSR count). The molecule has 1 heterocycles. The summed E-state index contributed by atoms with van der Waals surface area (Å²) in [5.41, 5.74) is 17.6. The van der Waals surface area contributed by atoms with Gasteiger partial charge in [0.05, 0.1) is 31.0 Å². The molecule has 188 valence electrons. The number of anilines is 2. The maximum absolute atomic E-state index is 11.8. The van der Waals surface area contributed by atoms with Crippen LogP contribution in [0.1, 0.15) is 71.4 Å². The summed E-state index contributed by atoms with van der Waals surface area (Å²) >= 11 is 2.20. The molecular weight excluding hydrogens is 559 g/mol. The molecule has 0 fully saturated rings. The number of methoxy groups -OCH3 is 2. The molecule has 0 atom stereocenters. The largest absolute Gasteiger partial charge is 0.465 e. The third kappa shape index (κ3) is 6.53. The first-order chi connectivity index (χ1) is 16.4. The molecule has 0 aliphatic carbocycles. The van der Waals surface area contributed by atoms with Crippen LogP contribution in [0.3, 0.4) is 0 Å². The average Bonchev–Trinajstić information content (AvgIpc) is 3.24. The molecule has 3 aromatic rings. The second-order valence-electron chi connectivity index (χ2n) is 8.62. The monoisotopic (exact) mass is 592 g/mol. The van der Waals surface area contributed by atoms with Crippen LogP contribution < -0.4 is 11.5 Å². The van der Waals surface area contributed by atoms with Crippen LogP contribution in [0.15, 0.2) is 36.5 Å². The van der Waals surface area contributed by atoms with Crippen molar-refractivity contribution in [3.63, 3.8) is 0 Å². The zero-order valence-electron chi connectivity index (χ0n) is 21.2. The van der Waals surface area contributed by atoms with Gasteiger partial charge in [-0.25, -0.2) is 9.59 Å². The Morgan fingerprint density at radius 1 is 0.886 bits per heavy atom. The number of aryl methyl sites for hydroxylation is 1. The van der Waals surface area contributed by atoms with E-state index in [1.165, 1.54) is 14.2 Å². The van der Waals surface area contributed by atoms with Crippen molar-refractivity contribution < 1.29 is 19.1 Å². The summed E-state index contributed by atoms with van der Waals surface area (Å²) in [7, 11) is 4.57. The molecular formula is C26H33IN4O4. The number of hydrogen-bond donors (Lipinski definition) is 2. The zero-order valence-corrected chi connectivity index (χ0v) is 23.3.